The van der Waals surface area contributed by atoms with Crippen molar-refractivity contribution in [2.45, 2.75) is 33.2 Å². The summed E-state index contributed by atoms with van der Waals surface area (Å²) in [6, 6.07) is 5.49. The minimum Gasteiger partial charge on any atom is -0.308 e. The van der Waals surface area contributed by atoms with E-state index in [0.29, 0.717) is 5.02 Å². The molecule has 0 fully saturated rings. The number of rotatable bonds is 3. The van der Waals surface area contributed by atoms with E-state index in [1.807, 2.05) is 12.1 Å². The zero-order chi connectivity index (χ0) is 13.1. The van der Waals surface area contributed by atoms with Gasteiger partial charge in [-0.3, -0.25) is 0 Å². The Morgan fingerprint density at radius 3 is 2.53 bits per heavy atom. The van der Waals surface area contributed by atoms with E-state index in [4.69, 9.17) is 23.2 Å². The van der Waals surface area contributed by atoms with Gasteiger partial charge >= 0.3 is 0 Å². The third-order valence-electron chi connectivity index (χ3n) is 2.26. The molecule has 0 heterocycles. The minimum absolute atomic E-state index is 0.118. The fourth-order valence-electron chi connectivity index (χ4n) is 1.35. The minimum atomic E-state index is 0.118. The highest BCUT2D eigenvalue weighted by molar-refractivity contribution is 6.34. The molecule has 0 aliphatic heterocycles. The molecule has 94 valence electrons. The SMILES string of the molecule is C/C(=C/c1cc(Cl)ccc1Cl)CNC(C)(C)C. The average molecular weight is 272 g/mol. The average Bonchev–Trinajstić information content (AvgIpc) is 2.20. The molecule has 0 unspecified atom stereocenters. The molecule has 0 atom stereocenters. The molecule has 1 N–H and O–H groups in total. The van der Waals surface area contributed by atoms with E-state index < -0.39 is 0 Å². The third-order valence-corrected chi connectivity index (χ3v) is 2.84. The first-order valence-electron chi connectivity index (χ1n) is 5.65. The van der Waals surface area contributed by atoms with Crippen molar-refractivity contribution in [3.05, 3.63) is 39.4 Å². The van der Waals surface area contributed by atoms with E-state index in [1.54, 1.807) is 6.07 Å². The van der Waals surface area contributed by atoms with Crippen LogP contribution in [0.4, 0.5) is 0 Å². The summed E-state index contributed by atoms with van der Waals surface area (Å²) in [5.74, 6) is 0. The Hall–Kier alpha value is -0.500. The zero-order valence-corrected chi connectivity index (χ0v) is 12.3. The van der Waals surface area contributed by atoms with Gasteiger partial charge in [-0.15, -0.1) is 0 Å². The molecule has 0 aromatic heterocycles. The lowest BCUT2D eigenvalue weighted by atomic mass is 10.1. The molecule has 0 aliphatic carbocycles. The molecule has 1 aromatic rings. The highest BCUT2D eigenvalue weighted by Gasteiger charge is 2.08. The van der Waals surface area contributed by atoms with Gasteiger partial charge in [0.25, 0.3) is 0 Å². The number of benzene rings is 1. The van der Waals surface area contributed by atoms with E-state index in [-0.39, 0.29) is 5.54 Å². The topological polar surface area (TPSA) is 12.0 Å². The van der Waals surface area contributed by atoms with Crippen LogP contribution in [-0.2, 0) is 0 Å². The van der Waals surface area contributed by atoms with Crippen LogP contribution < -0.4 is 5.32 Å². The monoisotopic (exact) mass is 271 g/mol. The lowest BCUT2D eigenvalue weighted by Gasteiger charge is -2.20. The summed E-state index contributed by atoms with van der Waals surface area (Å²) in [7, 11) is 0. The number of hydrogen-bond acceptors (Lipinski definition) is 1. The Morgan fingerprint density at radius 1 is 1.29 bits per heavy atom. The van der Waals surface area contributed by atoms with Crippen LogP contribution in [0.3, 0.4) is 0 Å². The highest BCUT2D eigenvalue weighted by atomic mass is 35.5. The molecule has 0 saturated heterocycles. The summed E-state index contributed by atoms with van der Waals surface area (Å²) < 4.78 is 0. The number of hydrogen-bond donors (Lipinski definition) is 1. The molecular formula is C14H19Cl2N. The second-order valence-corrected chi connectivity index (χ2v) is 6.10. The van der Waals surface area contributed by atoms with Crippen molar-refractivity contribution >= 4 is 29.3 Å². The van der Waals surface area contributed by atoms with E-state index in [1.165, 1.54) is 5.57 Å². The first kappa shape index (κ1) is 14.6. The number of nitrogens with one attached hydrogen (secondary N) is 1. The van der Waals surface area contributed by atoms with Gasteiger partial charge in [0, 0.05) is 22.1 Å². The lowest BCUT2D eigenvalue weighted by Crippen LogP contribution is -2.36. The molecule has 0 spiro atoms. The molecule has 0 aliphatic rings. The van der Waals surface area contributed by atoms with Gasteiger partial charge in [0.15, 0.2) is 0 Å². The van der Waals surface area contributed by atoms with Crippen molar-refractivity contribution in [2.75, 3.05) is 6.54 Å². The molecular weight excluding hydrogens is 253 g/mol. The van der Waals surface area contributed by atoms with Gasteiger partial charge in [-0.05, 0) is 51.5 Å². The van der Waals surface area contributed by atoms with Crippen molar-refractivity contribution in [3.63, 3.8) is 0 Å². The summed E-state index contributed by atoms with van der Waals surface area (Å²) in [6.45, 7) is 9.36. The van der Waals surface area contributed by atoms with Crippen molar-refractivity contribution in [1.82, 2.24) is 5.32 Å². The zero-order valence-electron chi connectivity index (χ0n) is 10.8. The Labute approximate surface area is 114 Å². The first-order chi connectivity index (χ1) is 7.78. The van der Waals surface area contributed by atoms with Gasteiger partial charge in [-0.1, -0.05) is 34.9 Å². The Bertz CT molecular complexity index is 417. The lowest BCUT2D eigenvalue weighted by molar-refractivity contribution is 0.445. The molecule has 0 amide bonds. The maximum Gasteiger partial charge on any atom is 0.0479 e. The molecule has 3 heteroatoms. The fourth-order valence-corrected chi connectivity index (χ4v) is 1.70. The van der Waals surface area contributed by atoms with Crippen LogP contribution >= 0.6 is 23.2 Å². The van der Waals surface area contributed by atoms with E-state index in [0.717, 1.165) is 17.1 Å². The van der Waals surface area contributed by atoms with Gasteiger partial charge in [-0.2, -0.15) is 0 Å². The van der Waals surface area contributed by atoms with Crippen LogP contribution in [0.1, 0.15) is 33.3 Å². The van der Waals surface area contributed by atoms with Crippen molar-refractivity contribution in [1.29, 1.82) is 0 Å². The molecule has 1 nitrogen and oxygen atoms in total. The molecule has 17 heavy (non-hydrogen) atoms. The number of halogens is 2. The van der Waals surface area contributed by atoms with E-state index >= 15 is 0 Å². The largest absolute Gasteiger partial charge is 0.308 e. The Morgan fingerprint density at radius 2 is 1.94 bits per heavy atom. The van der Waals surface area contributed by atoms with E-state index in [2.05, 4.69) is 39.1 Å². The predicted octanol–water partition coefficient (Wildman–Crippen LogP) is 4.78. The Balaban J connectivity index is 2.77. The van der Waals surface area contributed by atoms with Crippen LogP contribution in [0.2, 0.25) is 10.0 Å². The third kappa shape index (κ3) is 5.58. The highest BCUT2D eigenvalue weighted by Crippen LogP contribution is 2.22. The predicted molar refractivity (Wildman–Crippen MR) is 77.9 cm³/mol. The smallest absolute Gasteiger partial charge is 0.0479 e. The molecule has 0 bridgehead atoms. The summed E-state index contributed by atoms with van der Waals surface area (Å²) >= 11 is 12.1. The summed E-state index contributed by atoms with van der Waals surface area (Å²) in [4.78, 5) is 0. The van der Waals surface area contributed by atoms with Crippen LogP contribution in [0.25, 0.3) is 6.08 Å². The van der Waals surface area contributed by atoms with Crippen LogP contribution in [0.5, 0.6) is 0 Å². The standard InChI is InChI=1S/C14H19Cl2N/c1-10(9-17-14(2,3)4)7-11-8-12(15)5-6-13(11)16/h5-8,17H,9H2,1-4H3/b10-7-. The molecule has 0 radical (unpaired) electrons. The van der Waals surface area contributed by atoms with Crippen LogP contribution in [0.15, 0.2) is 23.8 Å². The van der Waals surface area contributed by atoms with Gasteiger partial charge < -0.3 is 5.32 Å². The Kier molecular flexibility index (Phi) is 5.05. The maximum atomic E-state index is 6.11. The van der Waals surface area contributed by atoms with Crippen molar-refractivity contribution in [2.24, 2.45) is 0 Å². The molecule has 1 aromatic carbocycles. The summed E-state index contributed by atoms with van der Waals surface area (Å²) in [5.41, 5.74) is 2.31. The quantitative estimate of drug-likeness (QED) is 0.834. The maximum absolute atomic E-state index is 6.11. The van der Waals surface area contributed by atoms with Gasteiger partial charge in [-0.25, -0.2) is 0 Å². The molecule has 0 saturated carbocycles. The van der Waals surface area contributed by atoms with E-state index in [9.17, 15) is 0 Å². The van der Waals surface area contributed by atoms with Gasteiger partial charge in [0.1, 0.15) is 0 Å². The summed E-state index contributed by atoms with van der Waals surface area (Å²) in [6.07, 6.45) is 2.06. The fraction of sp³-hybridized carbons (Fsp3) is 0.429. The summed E-state index contributed by atoms with van der Waals surface area (Å²) in [5, 5.41) is 4.86. The molecule has 1 rings (SSSR count). The second-order valence-electron chi connectivity index (χ2n) is 5.26. The first-order valence-corrected chi connectivity index (χ1v) is 6.41. The van der Waals surface area contributed by atoms with Crippen LogP contribution in [-0.4, -0.2) is 12.1 Å². The van der Waals surface area contributed by atoms with Crippen molar-refractivity contribution < 1.29 is 0 Å². The normalized spacial score (nSPS) is 12.9. The van der Waals surface area contributed by atoms with Gasteiger partial charge in [0.05, 0.1) is 0 Å². The van der Waals surface area contributed by atoms with Crippen LogP contribution in [0, 0.1) is 0 Å². The second kappa shape index (κ2) is 5.90. The van der Waals surface area contributed by atoms with Gasteiger partial charge in [0.2, 0.25) is 0 Å². The van der Waals surface area contributed by atoms with Crippen molar-refractivity contribution in [3.8, 4) is 0 Å².